The van der Waals surface area contributed by atoms with Crippen molar-refractivity contribution in [3.05, 3.63) is 83.7 Å². The molecule has 0 bridgehead atoms. The van der Waals surface area contributed by atoms with E-state index in [1.54, 1.807) is 6.20 Å². The van der Waals surface area contributed by atoms with Gasteiger partial charge in [-0.2, -0.15) is 5.10 Å². The van der Waals surface area contributed by atoms with E-state index < -0.39 is 0 Å². The van der Waals surface area contributed by atoms with Crippen molar-refractivity contribution in [1.29, 1.82) is 0 Å². The van der Waals surface area contributed by atoms with Crippen LogP contribution in [0.5, 0.6) is 5.75 Å². The lowest BCUT2D eigenvalue weighted by Crippen LogP contribution is -2.28. The summed E-state index contributed by atoms with van der Waals surface area (Å²) in [5.74, 6) is 0.565. The summed E-state index contributed by atoms with van der Waals surface area (Å²) in [7, 11) is 0. The Labute approximate surface area is 153 Å². The Morgan fingerprint density at radius 3 is 2.54 bits per heavy atom. The molecule has 5 nitrogen and oxygen atoms in total. The van der Waals surface area contributed by atoms with E-state index in [9.17, 15) is 4.79 Å². The molecule has 1 amide bonds. The number of aryl methyl sites for hydroxylation is 1. The van der Waals surface area contributed by atoms with Crippen LogP contribution in [0.1, 0.15) is 23.6 Å². The Hall–Kier alpha value is -3.08. The number of aromatic nitrogens is 2. The molecule has 134 valence electrons. The van der Waals surface area contributed by atoms with Gasteiger partial charge in [-0.1, -0.05) is 43.3 Å². The molecule has 0 aliphatic rings. The molecule has 3 rings (SSSR count). The SMILES string of the molecule is CCc1ccc(OCC(=O)NCc2ccccc2Cn2cccn2)cc1. The highest BCUT2D eigenvalue weighted by atomic mass is 16.5. The summed E-state index contributed by atoms with van der Waals surface area (Å²) >= 11 is 0. The van der Waals surface area contributed by atoms with Gasteiger partial charge in [-0.05, 0) is 41.3 Å². The van der Waals surface area contributed by atoms with E-state index >= 15 is 0 Å². The summed E-state index contributed by atoms with van der Waals surface area (Å²) < 4.78 is 7.41. The van der Waals surface area contributed by atoms with E-state index in [-0.39, 0.29) is 12.5 Å². The van der Waals surface area contributed by atoms with E-state index in [1.807, 2.05) is 59.4 Å². The zero-order valence-electron chi connectivity index (χ0n) is 14.9. The number of ether oxygens (including phenoxy) is 1. The summed E-state index contributed by atoms with van der Waals surface area (Å²) in [5.41, 5.74) is 3.45. The van der Waals surface area contributed by atoms with Gasteiger partial charge in [0.1, 0.15) is 5.75 Å². The fourth-order valence-electron chi connectivity index (χ4n) is 2.67. The molecule has 0 spiro atoms. The van der Waals surface area contributed by atoms with Gasteiger partial charge in [-0.15, -0.1) is 0 Å². The molecule has 0 fully saturated rings. The highest BCUT2D eigenvalue weighted by Gasteiger charge is 2.07. The zero-order chi connectivity index (χ0) is 18.2. The monoisotopic (exact) mass is 349 g/mol. The van der Waals surface area contributed by atoms with Crippen LogP contribution in [-0.2, 0) is 24.3 Å². The third-order valence-corrected chi connectivity index (χ3v) is 4.19. The summed E-state index contributed by atoms with van der Waals surface area (Å²) in [6, 6.07) is 17.7. The van der Waals surface area contributed by atoms with E-state index in [2.05, 4.69) is 23.4 Å². The van der Waals surface area contributed by atoms with Crippen LogP contribution in [0.3, 0.4) is 0 Å². The molecule has 2 aromatic carbocycles. The van der Waals surface area contributed by atoms with Crippen molar-refractivity contribution in [2.75, 3.05) is 6.61 Å². The van der Waals surface area contributed by atoms with Crippen LogP contribution in [0.15, 0.2) is 67.0 Å². The minimum atomic E-state index is -0.140. The molecule has 0 atom stereocenters. The number of nitrogens with zero attached hydrogens (tertiary/aromatic N) is 2. The van der Waals surface area contributed by atoms with Gasteiger partial charge in [-0.3, -0.25) is 9.48 Å². The Morgan fingerprint density at radius 1 is 1.08 bits per heavy atom. The van der Waals surface area contributed by atoms with Crippen molar-refractivity contribution in [2.45, 2.75) is 26.4 Å². The predicted octanol–water partition coefficient (Wildman–Crippen LogP) is 3.19. The number of hydrogen-bond donors (Lipinski definition) is 1. The van der Waals surface area contributed by atoms with Gasteiger partial charge in [0.25, 0.3) is 5.91 Å². The second kappa shape index (κ2) is 8.85. The molecule has 1 N–H and O–H groups in total. The van der Waals surface area contributed by atoms with E-state index in [4.69, 9.17) is 4.74 Å². The number of benzene rings is 2. The second-order valence-electron chi connectivity index (χ2n) is 6.04. The maximum atomic E-state index is 12.1. The Kier molecular flexibility index (Phi) is 6.04. The summed E-state index contributed by atoms with van der Waals surface area (Å²) in [6.07, 6.45) is 4.67. The molecular weight excluding hydrogens is 326 g/mol. The third kappa shape index (κ3) is 4.96. The predicted molar refractivity (Wildman–Crippen MR) is 101 cm³/mol. The molecule has 0 radical (unpaired) electrons. The standard InChI is InChI=1S/C21H23N3O2/c1-2-17-8-10-20(11-9-17)26-16-21(25)22-14-18-6-3-4-7-19(18)15-24-13-5-12-23-24/h3-13H,2,14-16H2,1H3,(H,22,25). The Balaban J connectivity index is 1.51. The lowest BCUT2D eigenvalue weighted by molar-refractivity contribution is -0.123. The number of hydrogen-bond acceptors (Lipinski definition) is 3. The minimum absolute atomic E-state index is 0.00674. The molecule has 0 aliphatic heterocycles. The van der Waals surface area contributed by atoms with Crippen LogP contribution in [0, 0.1) is 0 Å². The van der Waals surface area contributed by atoms with Gasteiger partial charge in [0.2, 0.25) is 0 Å². The van der Waals surface area contributed by atoms with Crippen LogP contribution >= 0.6 is 0 Å². The summed E-state index contributed by atoms with van der Waals surface area (Å²) in [5, 5.41) is 7.15. The molecule has 0 saturated heterocycles. The number of nitrogens with one attached hydrogen (secondary N) is 1. The van der Waals surface area contributed by atoms with Gasteiger partial charge in [0.05, 0.1) is 6.54 Å². The maximum absolute atomic E-state index is 12.1. The van der Waals surface area contributed by atoms with E-state index in [0.717, 1.165) is 17.5 Å². The van der Waals surface area contributed by atoms with Crippen molar-refractivity contribution in [3.63, 3.8) is 0 Å². The average Bonchev–Trinajstić information content (AvgIpc) is 3.19. The van der Waals surface area contributed by atoms with Crippen molar-refractivity contribution in [3.8, 4) is 5.75 Å². The molecule has 26 heavy (non-hydrogen) atoms. The fourth-order valence-corrected chi connectivity index (χ4v) is 2.67. The molecular formula is C21H23N3O2. The molecule has 3 aromatic rings. The molecule has 0 aliphatic carbocycles. The summed E-state index contributed by atoms with van der Waals surface area (Å²) in [4.78, 5) is 12.1. The van der Waals surface area contributed by atoms with Crippen molar-refractivity contribution in [2.24, 2.45) is 0 Å². The van der Waals surface area contributed by atoms with Gasteiger partial charge >= 0.3 is 0 Å². The normalized spacial score (nSPS) is 10.5. The lowest BCUT2D eigenvalue weighted by Gasteiger charge is -2.11. The van der Waals surface area contributed by atoms with Crippen LogP contribution in [0.25, 0.3) is 0 Å². The second-order valence-corrected chi connectivity index (χ2v) is 6.04. The number of rotatable bonds is 8. The first-order valence-corrected chi connectivity index (χ1v) is 8.77. The van der Waals surface area contributed by atoms with Crippen LogP contribution in [0.4, 0.5) is 0 Å². The fraction of sp³-hybridized carbons (Fsp3) is 0.238. The number of carbonyl (C=O) groups excluding carboxylic acids is 1. The highest BCUT2D eigenvalue weighted by molar-refractivity contribution is 5.77. The molecule has 5 heteroatoms. The summed E-state index contributed by atoms with van der Waals surface area (Å²) in [6.45, 7) is 3.26. The Bertz CT molecular complexity index is 827. The van der Waals surface area contributed by atoms with Crippen molar-refractivity contribution < 1.29 is 9.53 Å². The number of amides is 1. The van der Waals surface area contributed by atoms with E-state index in [0.29, 0.717) is 18.8 Å². The molecule has 1 aromatic heterocycles. The maximum Gasteiger partial charge on any atom is 0.258 e. The first kappa shape index (κ1) is 17.7. The molecule has 0 saturated carbocycles. The molecule has 1 heterocycles. The van der Waals surface area contributed by atoms with Crippen LogP contribution < -0.4 is 10.1 Å². The van der Waals surface area contributed by atoms with Crippen LogP contribution in [-0.4, -0.2) is 22.3 Å². The average molecular weight is 349 g/mol. The van der Waals surface area contributed by atoms with Gasteiger partial charge in [0.15, 0.2) is 6.61 Å². The zero-order valence-corrected chi connectivity index (χ0v) is 14.9. The quantitative estimate of drug-likeness (QED) is 0.679. The molecule has 0 unspecified atom stereocenters. The topological polar surface area (TPSA) is 56.1 Å². The highest BCUT2D eigenvalue weighted by Crippen LogP contribution is 2.13. The lowest BCUT2D eigenvalue weighted by atomic mass is 10.1. The van der Waals surface area contributed by atoms with Crippen LogP contribution in [0.2, 0.25) is 0 Å². The first-order valence-electron chi connectivity index (χ1n) is 8.77. The van der Waals surface area contributed by atoms with Crippen molar-refractivity contribution in [1.82, 2.24) is 15.1 Å². The van der Waals surface area contributed by atoms with Gasteiger partial charge < -0.3 is 10.1 Å². The Morgan fingerprint density at radius 2 is 1.85 bits per heavy atom. The minimum Gasteiger partial charge on any atom is -0.484 e. The number of carbonyl (C=O) groups is 1. The smallest absolute Gasteiger partial charge is 0.258 e. The van der Waals surface area contributed by atoms with Gasteiger partial charge in [-0.25, -0.2) is 0 Å². The first-order chi connectivity index (χ1) is 12.7. The van der Waals surface area contributed by atoms with Crippen molar-refractivity contribution >= 4 is 5.91 Å². The third-order valence-electron chi connectivity index (χ3n) is 4.19. The largest absolute Gasteiger partial charge is 0.484 e. The van der Waals surface area contributed by atoms with E-state index in [1.165, 1.54) is 5.56 Å². The van der Waals surface area contributed by atoms with Gasteiger partial charge in [0, 0.05) is 18.9 Å².